The summed E-state index contributed by atoms with van der Waals surface area (Å²) in [5.74, 6) is 0. The van der Waals surface area contributed by atoms with Crippen LogP contribution in [-0.2, 0) is 9.31 Å². The van der Waals surface area contributed by atoms with Gasteiger partial charge in [-0.05, 0) is 90.4 Å². The van der Waals surface area contributed by atoms with Gasteiger partial charge in [0.1, 0.15) is 11.2 Å². The SMILES string of the molecule is C=Cc1c(/C=C\C)c2cccc(B3OC(C)(C)C(C)(C)O3)c2c2cc(-c3cccc4c3oc3ccccc34)ccc12. The molecule has 0 radical (unpaired) electrons. The van der Waals surface area contributed by atoms with Crippen molar-refractivity contribution in [1.29, 1.82) is 0 Å². The maximum absolute atomic E-state index is 6.59. The molecule has 1 aliphatic rings. The predicted molar refractivity (Wildman–Crippen MR) is 175 cm³/mol. The van der Waals surface area contributed by atoms with Crippen LogP contribution in [0.3, 0.4) is 0 Å². The molecule has 0 atom stereocenters. The van der Waals surface area contributed by atoms with Gasteiger partial charge in [0.2, 0.25) is 0 Å². The second kappa shape index (κ2) is 9.20. The van der Waals surface area contributed by atoms with Gasteiger partial charge in [-0.25, -0.2) is 0 Å². The number of para-hydroxylation sites is 2. The Morgan fingerprint density at radius 1 is 0.707 bits per heavy atom. The van der Waals surface area contributed by atoms with Crippen molar-refractivity contribution in [2.24, 2.45) is 0 Å². The van der Waals surface area contributed by atoms with Gasteiger partial charge in [0.15, 0.2) is 0 Å². The molecule has 6 aromatic rings. The minimum Gasteiger partial charge on any atom is -0.455 e. The highest BCUT2D eigenvalue weighted by Crippen LogP contribution is 2.42. The van der Waals surface area contributed by atoms with Crippen molar-refractivity contribution in [2.75, 3.05) is 0 Å². The highest BCUT2D eigenvalue weighted by Gasteiger charge is 2.52. The summed E-state index contributed by atoms with van der Waals surface area (Å²) in [5, 5.41) is 6.82. The van der Waals surface area contributed by atoms with E-state index in [1.54, 1.807) is 0 Å². The molecule has 1 aliphatic heterocycles. The smallest absolute Gasteiger partial charge is 0.455 e. The molecule has 3 nitrogen and oxygen atoms in total. The van der Waals surface area contributed by atoms with E-state index in [4.69, 9.17) is 13.7 Å². The molecule has 1 fully saturated rings. The third-order valence-electron chi connectivity index (χ3n) is 9.02. The second-order valence-corrected chi connectivity index (χ2v) is 11.9. The van der Waals surface area contributed by atoms with E-state index in [1.807, 2.05) is 18.2 Å². The number of fused-ring (bicyclic) bond motifs is 6. The maximum Gasteiger partial charge on any atom is 0.495 e. The van der Waals surface area contributed by atoms with Crippen molar-refractivity contribution in [3.05, 3.63) is 103 Å². The molecule has 2 heterocycles. The Labute approximate surface area is 241 Å². The standard InChI is InChI=1S/C37H33BO3/c1-7-13-26-24(8-2)27-21-20-23(25-15-11-17-30-28-14-9-10-19-33(28)39-35(25)30)22-31(27)34-29(26)16-12-18-32(34)38-40-36(3,4)37(5,6)41-38/h7-22H,2H2,1,3-6H3/b13-7-. The Morgan fingerprint density at radius 3 is 2.17 bits per heavy atom. The van der Waals surface area contributed by atoms with Gasteiger partial charge in [-0.2, -0.15) is 0 Å². The Hall–Kier alpha value is -4.12. The minimum absolute atomic E-state index is 0.440. The lowest BCUT2D eigenvalue weighted by Crippen LogP contribution is -2.41. The van der Waals surface area contributed by atoms with Gasteiger partial charge in [-0.15, -0.1) is 0 Å². The average Bonchev–Trinajstić information content (AvgIpc) is 3.45. The van der Waals surface area contributed by atoms with Crippen LogP contribution in [0.5, 0.6) is 0 Å². The normalized spacial score (nSPS) is 16.6. The monoisotopic (exact) mass is 536 g/mol. The number of rotatable bonds is 4. The summed E-state index contributed by atoms with van der Waals surface area (Å²) in [5.41, 5.74) is 6.38. The molecule has 1 aromatic heterocycles. The fraction of sp³-hybridized carbons (Fsp3) is 0.189. The third kappa shape index (κ3) is 3.82. The zero-order chi connectivity index (χ0) is 28.5. The largest absolute Gasteiger partial charge is 0.495 e. The fourth-order valence-corrected chi connectivity index (χ4v) is 6.25. The first-order valence-corrected chi connectivity index (χ1v) is 14.3. The van der Waals surface area contributed by atoms with Gasteiger partial charge >= 0.3 is 7.12 Å². The molecule has 1 saturated heterocycles. The summed E-state index contributed by atoms with van der Waals surface area (Å²) in [4.78, 5) is 0. The molecule has 0 bridgehead atoms. The summed E-state index contributed by atoms with van der Waals surface area (Å²) in [6.07, 6.45) is 6.24. The maximum atomic E-state index is 6.59. The van der Waals surface area contributed by atoms with E-state index in [0.717, 1.165) is 71.2 Å². The first-order valence-electron chi connectivity index (χ1n) is 14.3. The summed E-state index contributed by atoms with van der Waals surface area (Å²) in [7, 11) is -0.484. The summed E-state index contributed by atoms with van der Waals surface area (Å²) in [6.45, 7) is 14.7. The summed E-state index contributed by atoms with van der Waals surface area (Å²) in [6, 6.07) is 27.8. The summed E-state index contributed by atoms with van der Waals surface area (Å²) >= 11 is 0. The summed E-state index contributed by atoms with van der Waals surface area (Å²) < 4.78 is 19.6. The van der Waals surface area contributed by atoms with E-state index in [-0.39, 0.29) is 0 Å². The van der Waals surface area contributed by atoms with Crippen molar-refractivity contribution in [3.8, 4) is 11.1 Å². The van der Waals surface area contributed by atoms with E-state index in [2.05, 4.69) is 120 Å². The number of benzene rings is 5. The zero-order valence-corrected chi connectivity index (χ0v) is 24.2. The molecule has 0 spiro atoms. The van der Waals surface area contributed by atoms with Crippen molar-refractivity contribution < 1.29 is 13.7 Å². The van der Waals surface area contributed by atoms with Crippen LogP contribution in [-0.4, -0.2) is 18.3 Å². The molecule has 0 saturated carbocycles. The van der Waals surface area contributed by atoms with Crippen molar-refractivity contribution in [2.45, 2.75) is 45.8 Å². The molecule has 0 amide bonds. The average molecular weight is 536 g/mol. The topological polar surface area (TPSA) is 31.6 Å². The second-order valence-electron chi connectivity index (χ2n) is 11.9. The van der Waals surface area contributed by atoms with Crippen LogP contribution in [0.2, 0.25) is 0 Å². The Bertz CT molecular complexity index is 2030. The lowest BCUT2D eigenvalue weighted by atomic mass is 9.73. The molecule has 0 aliphatic carbocycles. The van der Waals surface area contributed by atoms with Crippen LogP contribution < -0.4 is 5.46 Å². The number of allylic oxidation sites excluding steroid dienone is 1. The molecule has 5 aromatic carbocycles. The van der Waals surface area contributed by atoms with Crippen molar-refractivity contribution >= 4 is 68.2 Å². The molecule has 41 heavy (non-hydrogen) atoms. The first-order chi connectivity index (χ1) is 19.7. The Morgan fingerprint density at radius 2 is 1.41 bits per heavy atom. The van der Waals surface area contributed by atoms with Crippen molar-refractivity contribution in [3.63, 3.8) is 0 Å². The van der Waals surface area contributed by atoms with E-state index in [0.29, 0.717) is 0 Å². The lowest BCUT2D eigenvalue weighted by molar-refractivity contribution is 0.00578. The van der Waals surface area contributed by atoms with E-state index >= 15 is 0 Å². The van der Waals surface area contributed by atoms with Crippen LogP contribution in [0.15, 0.2) is 95.9 Å². The molecule has 0 unspecified atom stereocenters. The van der Waals surface area contributed by atoms with Crippen LogP contribution in [0, 0.1) is 0 Å². The van der Waals surface area contributed by atoms with Crippen LogP contribution >= 0.6 is 0 Å². The van der Waals surface area contributed by atoms with Crippen LogP contribution in [0.4, 0.5) is 0 Å². The van der Waals surface area contributed by atoms with Crippen molar-refractivity contribution in [1.82, 2.24) is 0 Å². The van der Waals surface area contributed by atoms with Gasteiger partial charge in [0.05, 0.1) is 11.2 Å². The Kier molecular flexibility index (Phi) is 5.80. The molecule has 7 rings (SSSR count). The molecular formula is C37H33BO3. The molecule has 202 valence electrons. The number of hydrogen-bond acceptors (Lipinski definition) is 3. The molecule has 4 heteroatoms. The number of hydrogen-bond donors (Lipinski definition) is 0. The highest BCUT2D eigenvalue weighted by atomic mass is 16.7. The van der Waals surface area contributed by atoms with E-state index in [9.17, 15) is 0 Å². The Balaban J connectivity index is 1.56. The minimum atomic E-state index is -0.484. The first kappa shape index (κ1) is 25.8. The van der Waals surface area contributed by atoms with Gasteiger partial charge in [0, 0.05) is 16.3 Å². The van der Waals surface area contributed by atoms with Gasteiger partial charge in [-0.1, -0.05) is 91.5 Å². The van der Waals surface area contributed by atoms with Gasteiger partial charge in [0.25, 0.3) is 0 Å². The number of furan rings is 1. The van der Waals surface area contributed by atoms with Gasteiger partial charge < -0.3 is 13.7 Å². The predicted octanol–water partition coefficient (Wildman–Crippen LogP) is 9.53. The van der Waals surface area contributed by atoms with Crippen LogP contribution in [0.25, 0.3) is 66.8 Å². The third-order valence-corrected chi connectivity index (χ3v) is 9.02. The quantitative estimate of drug-likeness (QED) is 0.166. The van der Waals surface area contributed by atoms with E-state index < -0.39 is 18.3 Å². The van der Waals surface area contributed by atoms with Gasteiger partial charge in [-0.3, -0.25) is 0 Å². The molecule has 0 N–H and O–H groups in total. The zero-order valence-electron chi connectivity index (χ0n) is 24.2. The highest BCUT2D eigenvalue weighted by molar-refractivity contribution is 6.66. The lowest BCUT2D eigenvalue weighted by Gasteiger charge is -2.32. The molecular weight excluding hydrogens is 503 g/mol. The van der Waals surface area contributed by atoms with E-state index in [1.165, 1.54) is 0 Å². The van der Waals surface area contributed by atoms with Crippen LogP contribution in [0.1, 0.15) is 45.7 Å². The fourth-order valence-electron chi connectivity index (χ4n) is 6.25.